The first kappa shape index (κ1) is 16.6. The van der Waals surface area contributed by atoms with Crippen LogP contribution in [0.15, 0.2) is 60.7 Å². The summed E-state index contributed by atoms with van der Waals surface area (Å²) in [6, 6.07) is 21.2. The van der Waals surface area contributed by atoms with Crippen molar-refractivity contribution in [1.29, 1.82) is 0 Å². The number of hydrogen-bond donors (Lipinski definition) is 0. The fraction of sp³-hybridized carbons (Fsp3) is 0.200. The van der Waals surface area contributed by atoms with Crippen LogP contribution in [0.5, 0.6) is 0 Å². The van der Waals surface area contributed by atoms with Gasteiger partial charge in [0.05, 0.1) is 0 Å². The van der Waals surface area contributed by atoms with E-state index in [-0.39, 0.29) is 22.4 Å². The molecule has 1 radical (unpaired) electrons. The Hall–Kier alpha value is -0.390. The van der Waals surface area contributed by atoms with Gasteiger partial charge in [0.15, 0.2) is 0 Å². The summed E-state index contributed by atoms with van der Waals surface area (Å²) in [4.78, 5) is 0. The molecule has 0 atom stereocenters. The van der Waals surface area contributed by atoms with Gasteiger partial charge in [0.1, 0.15) is 0 Å². The minimum Gasteiger partial charge on any atom is -0.0656 e. The molecule has 17 heavy (non-hydrogen) atoms. The van der Waals surface area contributed by atoms with E-state index in [4.69, 9.17) is 0 Å². The summed E-state index contributed by atoms with van der Waals surface area (Å²) in [5, 5.41) is 2.79. The van der Waals surface area contributed by atoms with Gasteiger partial charge in [0.25, 0.3) is 0 Å². The first-order valence-electron chi connectivity index (χ1n) is 5.74. The summed E-state index contributed by atoms with van der Waals surface area (Å²) in [5.74, 6) is 0. The molecule has 0 aliphatic heterocycles. The van der Waals surface area contributed by atoms with E-state index >= 15 is 0 Å². The second kappa shape index (κ2) is 10.7. The van der Waals surface area contributed by atoms with E-state index < -0.39 is 0 Å². The molecule has 0 unspecified atom stereocenters. The Bertz CT molecular complexity index is 335. The van der Waals surface area contributed by atoms with Crippen LogP contribution in [0, 0.1) is 0 Å². The average molecular weight is 427 g/mol. The Kier molecular flexibility index (Phi) is 10.5. The zero-order valence-corrected chi connectivity index (χ0v) is 13.4. The summed E-state index contributed by atoms with van der Waals surface area (Å²) in [7, 11) is 0.777. The molecule has 0 nitrogen and oxygen atoms in total. The zero-order chi connectivity index (χ0) is 11.6. The Morgan fingerprint density at radius 1 is 0.706 bits per heavy atom. The van der Waals surface area contributed by atoms with Gasteiger partial charge in [0.2, 0.25) is 0 Å². The van der Waals surface area contributed by atoms with Crippen LogP contribution >= 0.6 is 8.58 Å². The minimum absolute atomic E-state index is 0. The predicted octanol–water partition coefficient (Wildman–Crippen LogP) is 3.73. The van der Waals surface area contributed by atoms with Crippen molar-refractivity contribution in [2.75, 3.05) is 0 Å². The number of rotatable bonds is 2. The molecule has 0 bridgehead atoms. The van der Waals surface area contributed by atoms with Gasteiger partial charge in [-0.05, 0) is 10.6 Å². The molecule has 2 aromatic carbocycles. The molecule has 0 aromatic heterocycles. The predicted molar refractivity (Wildman–Crippen MR) is 76.4 cm³/mol. The maximum atomic E-state index is 2.17. The average Bonchev–Trinajstić information content (AvgIpc) is 2.33. The van der Waals surface area contributed by atoms with Gasteiger partial charge in [-0.1, -0.05) is 89.5 Å². The third kappa shape index (κ3) is 7.52. The SMILES string of the molecule is CCC.[Au].c1ccc(Pc2ccccc2)cc1. The van der Waals surface area contributed by atoms with Crippen LogP contribution in [0.25, 0.3) is 0 Å². The van der Waals surface area contributed by atoms with Gasteiger partial charge in [-0.2, -0.15) is 0 Å². The van der Waals surface area contributed by atoms with Crippen molar-refractivity contribution < 1.29 is 22.4 Å². The molecule has 2 heteroatoms. The second-order valence-electron chi connectivity index (χ2n) is 3.56. The molecule has 0 aliphatic carbocycles. The van der Waals surface area contributed by atoms with Crippen molar-refractivity contribution in [3.05, 3.63) is 60.7 Å². The Labute approximate surface area is 122 Å². The Morgan fingerprint density at radius 3 is 1.29 bits per heavy atom. The smallest absolute Gasteiger partial charge is 0 e. The summed E-state index contributed by atoms with van der Waals surface area (Å²) in [6.07, 6.45) is 1.25. The van der Waals surface area contributed by atoms with Crippen molar-refractivity contribution >= 4 is 19.2 Å². The van der Waals surface area contributed by atoms with E-state index in [2.05, 4.69) is 74.5 Å². The van der Waals surface area contributed by atoms with Gasteiger partial charge in [0, 0.05) is 22.4 Å². The van der Waals surface area contributed by atoms with Gasteiger partial charge in [-0.3, -0.25) is 0 Å². The molecule has 0 spiro atoms. The minimum atomic E-state index is 0. The largest absolute Gasteiger partial charge is 0.0656 e. The molecular weight excluding hydrogens is 408 g/mol. The van der Waals surface area contributed by atoms with Gasteiger partial charge < -0.3 is 0 Å². The molecule has 2 rings (SSSR count). The van der Waals surface area contributed by atoms with Crippen LogP contribution in [-0.4, -0.2) is 0 Å². The topological polar surface area (TPSA) is 0 Å². The molecule has 0 amide bonds. The van der Waals surface area contributed by atoms with Crippen molar-refractivity contribution in [2.45, 2.75) is 20.3 Å². The van der Waals surface area contributed by atoms with E-state index in [1.54, 1.807) is 0 Å². The fourth-order valence-electron chi connectivity index (χ4n) is 1.21. The summed E-state index contributed by atoms with van der Waals surface area (Å²) >= 11 is 0. The molecule has 0 saturated carbocycles. The monoisotopic (exact) mass is 427 g/mol. The van der Waals surface area contributed by atoms with E-state index in [9.17, 15) is 0 Å². The van der Waals surface area contributed by atoms with E-state index in [1.807, 2.05) is 0 Å². The van der Waals surface area contributed by atoms with Crippen LogP contribution < -0.4 is 10.6 Å². The molecule has 0 fully saturated rings. The Balaban J connectivity index is 0.000000583. The molecule has 0 aliphatic rings. The maximum absolute atomic E-state index is 2.17. The zero-order valence-electron chi connectivity index (χ0n) is 10.3. The van der Waals surface area contributed by atoms with E-state index in [0.29, 0.717) is 0 Å². The number of benzene rings is 2. The van der Waals surface area contributed by atoms with Crippen molar-refractivity contribution in [3.8, 4) is 0 Å². The third-order valence-corrected chi connectivity index (χ3v) is 3.08. The van der Waals surface area contributed by atoms with Crippen molar-refractivity contribution in [3.63, 3.8) is 0 Å². The van der Waals surface area contributed by atoms with Crippen LogP contribution in [-0.2, 0) is 22.4 Å². The summed E-state index contributed by atoms with van der Waals surface area (Å²) in [6.45, 7) is 4.25. The van der Waals surface area contributed by atoms with Crippen LogP contribution in [0.3, 0.4) is 0 Å². The van der Waals surface area contributed by atoms with Crippen LogP contribution in [0.2, 0.25) is 0 Å². The Morgan fingerprint density at radius 2 is 1.00 bits per heavy atom. The molecule has 0 N–H and O–H groups in total. The van der Waals surface area contributed by atoms with E-state index in [1.165, 1.54) is 17.0 Å². The van der Waals surface area contributed by atoms with Gasteiger partial charge in [-0.15, -0.1) is 0 Å². The normalized spacial score (nSPS) is 8.59. The molecular formula is C15H19AuP. The second-order valence-corrected chi connectivity index (χ2v) is 4.97. The maximum Gasteiger partial charge on any atom is 0 e. The first-order valence-corrected chi connectivity index (χ1v) is 6.74. The van der Waals surface area contributed by atoms with Crippen LogP contribution in [0.4, 0.5) is 0 Å². The van der Waals surface area contributed by atoms with Crippen LogP contribution in [0.1, 0.15) is 20.3 Å². The molecule has 2 aromatic rings. The van der Waals surface area contributed by atoms with Gasteiger partial charge >= 0.3 is 0 Å². The summed E-state index contributed by atoms with van der Waals surface area (Å²) < 4.78 is 0. The van der Waals surface area contributed by atoms with Gasteiger partial charge in [-0.25, -0.2) is 0 Å². The molecule has 95 valence electrons. The standard InChI is InChI=1S/C12H11P.C3H8.Au/c1-3-7-11(8-4-1)13-12-9-5-2-6-10-12;1-3-2;/h1-10,13H;3H2,1-2H3;. The first-order chi connectivity index (χ1) is 7.86. The van der Waals surface area contributed by atoms with Crippen molar-refractivity contribution in [1.82, 2.24) is 0 Å². The van der Waals surface area contributed by atoms with Crippen molar-refractivity contribution in [2.24, 2.45) is 0 Å². The molecule has 0 saturated heterocycles. The molecule has 0 heterocycles. The fourth-order valence-corrected chi connectivity index (χ4v) is 2.26. The van der Waals surface area contributed by atoms with E-state index in [0.717, 1.165) is 8.58 Å². The summed E-state index contributed by atoms with van der Waals surface area (Å²) in [5.41, 5.74) is 0. The number of hydrogen-bond acceptors (Lipinski definition) is 0. The quantitative estimate of drug-likeness (QED) is 0.506. The third-order valence-electron chi connectivity index (χ3n) is 1.84.